The molecule has 0 spiro atoms. The Morgan fingerprint density at radius 1 is 1.24 bits per heavy atom. The van der Waals surface area contributed by atoms with Gasteiger partial charge in [-0.2, -0.15) is 0 Å². The third kappa shape index (κ3) is 4.83. The van der Waals surface area contributed by atoms with Crippen LogP contribution in [-0.4, -0.2) is 26.6 Å². The zero-order chi connectivity index (χ0) is 13.1. The van der Waals surface area contributed by atoms with E-state index >= 15 is 0 Å². The highest BCUT2D eigenvalue weighted by molar-refractivity contribution is 7.92. The fraction of sp³-hybridized carbons (Fsp3) is 0.300. The van der Waals surface area contributed by atoms with Crippen molar-refractivity contribution >= 4 is 27.3 Å². The molecule has 94 valence electrons. The number of carbonyl (C=O) groups excluding carboxylic acids is 1. The van der Waals surface area contributed by atoms with E-state index in [0.717, 1.165) is 6.26 Å². The van der Waals surface area contributed by atoms with Crippen molar-refractivity contribution in [3.8, 4) is 0 Å². The molecule has 0 bridgehead atoms. The lowest BCUT2D eigenvalue weighted by atomic mass is 10.2. The molecule has 1 rings (SSSR count). The molecule has 17 heavy (non-hydrogen) atoms. The van der Waals surface area contributed by atoms with E-state index in [0.29, 0.717) is 11.4 Å². The monoisotopic (exact) mass is 257 g/mol. The van der Waals surface area contributed by atoms with Crippen LogP contribution in [-0.2, 0) is 14.8 Å². The molecule has 1 unspecified atom stereocenters. The van der Waals surface area contributed by atoms with Crippen molar-refractivity contribution in [3.05, 3.63) is 24.3 Å². The van der Waals surface area contributed by atoms with E-state index in [9.17, 15) is 13.2 Å². The number of rotatable bonds is 4. The van der Waals surface area contributed by atoms with Crippen LogP contribution in [0, 0.1) is 0 Å². The van der Waals surface area contributed by atoms with Crippen molar-refractivity contribution in [2.24, 2.45) is 5.73 Å². The Bertz CT molecular complexity index is 494. The highest BCUT2D eigenvalue weighted by Crippen LogP contribution is 2.14. The van der Waals surface area contributed by atoms with E-state index in [4.69, 9.17) is 5.73 Å². The van der Waals surface area contributed by atoms with Crippen molar-refractivity contribution in [2.45, 2.75) is 13.0 Å². The predicted octanol–water partition coefficient (Wildman–Crippen LogP) is 0.344. The first-order valence-corrected chi connectivity index (χ1v) is 6.81. The summed E-state index contributed by atoms with van der Waals surface area (Å²) < 4.78 is 24.2. The average molecular weight is 257 g/mol. The minimum atomic E-state index is -3.28. The van der Waals surface area contributed by atoms with Gasteiger partial charge in [0, 0.05) is 11.4 Å². The number of hydrogen-bond acceptors (Lipinski definition) is 4. The SMILES string of the molecule is CC(N)C(=O)Nc1ccc(NS(C)(=O)=O)cc1. The van der Waals surface area contributed by atoms with Crippen LogP contribution >= 0.6 is 0 Å². The van der Waals surface area contributed by atoms with Crippen molar-refractivity contribution in [1.82, 2.24) is 0 Å². The summed E-state index contributed by atoms with van der Waals surface area (Å²) in [5.74, 6) is -0.297. The van der Waals surface area contributed by atoms with E-state index in [2.05, 4.69) is 10.0 Å². The Hall–Kier alpha value is -1.60. The largest absolute Gasteiger partial charge is 0.325 e. The summed E-state index contributed by atoms with van der Waals surface area (Å²) in [6.07, 6.45) is 1.07. The van der Waals surface area contributed by atoms with Gasteiger partial charge in [-0.3, -0.25) is 9.52 Å². The Labute approximate surface area is 100 Å². The van der Waals surface area contributed by atoms with E-state index < -0.39 is 16.1 Å². The minimum absolute atomic E-state index is 0.297. The van der Waals surface area contributed by atoms with Gasteiger partial charge in [-0.25, -0.2) is 8.42 Å². The van der Waals surface area contributed by atoms with E-state index in [1.807, 2.05) is 0 Å². The Morgan fingerprint density at radius 2 is 1.71 bits per heavy atom. The molecule has 1 amide bonds. The zero-order valence-electron chi connectivity index (χ0n) is 9.60. The molecular formula is C10H15N3O3S. The van der Waals surface area contributed by atoms with Gasteiger partial charge in [0.1, 0.15) is 0 Å². The lowest BCUT2D eigenvalue weighted by Gasteiger charge is -2.08. The normalized spacial score (nSPS) is 12.9. The first kappa shape index (κ1) is 13.5. The molecular weight excluding hydrogens is 242 g/mol. The molecule has 1 aromatic rings. The maximum Gasteiger partial charge on any atom is 0.240 e. The summed E-state index contributed by atoms with van der Waals surface area (Å²) >= 11 is 0. The van der Waals surface area contributed by atoms with Crippen LogP contribution in [0.2, 0.25) is 0 Å². The molecule has 0 radical (unpaired) electrons. The van der Waals surface area contributed by atoms with Crippen LogP contribution in [0.25, 0.3) is 0 Å². The van der Waals surface area contributed by atoms with Gasteiger partial charge in [-0.05, 0) is 31.2 Å². The Morgan fingerprint density at radius 3 is 2.12 bits per heavy atom. The van der Waals surface area contributed by atoms with Gasteiger partial charge < -0.3 is 11.1 Å². The second kappa shape index (κ2) is 5.15. The Balaban J connectivity index is 2.72. The van der Waals surface area contributed by atoms with Gasteiger partial charge in [0.15, 0.2) is 0 Å². The molecule has 0 saturated heterocycles. The summed E-state index contributed by atoms with van der Waals surface area (Å²) in [6.45, 7) is 1.58. The van der Waals surface area contributed by atoms with Gasteiger partial charge >= 0.3 is 0 Å². The minimum Gasteiger partial charge on any atom is -0.325 e. The number of nitrogens with one attached hydrogen (secondary N) is 2. The third-order valence-corrected chi connectivity index (χ3v) is 2.48. The lowest BCUT2D eigenvalue weighted by molar-refractivity contribution is -0.117. The molecule has 1 atom stereocenters. The highest BCUT2D eigenvalue weighted by Gasteiger charge is 2.07. The van der Waals surface area contributed by atoms with Crippen molar-refractivity contribution < 1.29 is 13.2 Å². The average Bonchev–Trinajstić information content (AvgIpc) is 2.18. The maximum absolute atomic E-state index is 11.3. The number of carbonyl (C=O) groups is 1. The second-order valence-electron chi connectivity index (χ2n) is 3.73. The van der Waals surface area contributed by atoms with Gasteiger partial charge in [0.2, 0.25) is 15.9 Å². The first-order valence-electron chi connectivity index (χ1n) is 4.92. The number of nitrogens with two attached hydrogens (primary N) is 1. The quantitative estimate of drug-likeness (QED) is 0.724. The van der Waals surface area contributed by atoms with Gasteiger partial charge in [0.05, 0.1) is 12.3 Å². The molecule has 0 saturated carbocycles. The third-order valence-electron chi connectivity index (χ3n) is 1.87. The highest BCUT2D eigenvalue weighted by atomic mass is 32.2. The van der Waals surface area contributed by atoms with Gasteiger partial charge in [-0.15, -0.1) is 0 Å². The summed E-state index contributed by atoms with van der Waals surface area (Å²) in [6, 6.07) is 5.70. The molecule has 4 N–H and O–H groups in total. The molecule has 7 heteroatoms. The molecule has 1 aromatic carbocycles. The molecule has 0 heterocycles. The van der Waals surface area contributed by atoms with E-state index in [-0.39, 0.29) is 5.91 Å². The lowest BCUT2D eigenvalue weighted by Crippen LogP contribution is -2.32. The molecule has 6 nitrogen and oxygen atoms in total. The zero-order valence-corrected chi connectivity index (χ0v) is 10.4. The fourth-order valence-electron chi connectivity index (χ4n) is 1.09. The van der Waals surface area contributed by atoms with Crippen LogP contribution in [0.1, 0.15) is 6.92 Å². The Kier molecular flexibility index (Phi) is 4.08. The van der Waals surface area contributed by atoms with Gasteiger partial charge in [-0.1, -0.05) is 0 Å². The smallest absolute Gasteiger partial charge is 0.240 e. The standard InChI is InChI=1S/C10H15N3O3S/c1-7(11)10(14)12-8-3-5-9(6-4-8)13-17(2,15)16/h3-7,13H,11H2,1-2H3,(H,12,14). The number of sulfonamides is 1. The van der Waals surface area contributed by atoms with Gasteiger partial charge in [0.25, 0.3) is 0 Å². The topological polar surface area (TPSA) is 101 Å². The molecule has 0 aliphatic rings. The second-order valence-corrected chi connectivity index (χ2v) is 5.48. The van der Waals surface area contributed by atoms with Crippen LogP contribution < -0.4 is 15.8 Å². The van der Waals surface area contributed by atoms with Crippen molar-refractivity contribution in [1.29, 1.82) is 0 Å². The van der Waals surface area contributed by atoms with Crippen molar-refractivity contribution in [2.75, 3.05) is 16.3 Å². The molecule has 0 fully saturated rings. The first-order chi connectivity index (χ1) is 7.78. The molecule has 0 aromatic heterocycles. The summed E-state index contributed by atoms with van der Waals surface area (Å²) in [4.78, 5) is 11.3. The number of amides is 1. The maximum atomic E-state index is 11.3. The number of anilines is 2. The number of benzene rings is 1. The van der Waals surface area contributed by atoms with Crippen LogP contribution in [0.3, 0.4) is 0 Å². The number of hydrogen-bond donors (Lipinski definition) is 3. The summed E-state index contributed by atoms with van der Waals surface area (Å²) in [7, 11) is -3.28. The van der Waals surface area contributed by atoms with Crippen LogP contribution in [0.15, 0.2) is 24.3 Å². The van der Waals surface area contributed by atoms with Crippen LogP contribution in [0.4, 0.5) is 11.4 Å². The molecule has 0 aliphatic heterocycles. The summed E-state index contributed by atoms with van der Waals surface area (Å²) in [5, 5.41) is 2.59. The predicted molar refractivity (Wildman–Crippen MR) is 67.2 cm³/mol. The summed E-state index contributed by atoms with van der Waals surface area (Å²) in [5.41, 5.74) is 6.39. The van der Waals surface area contributed by atoms with Crippen molar-refractivity contribution in [3.63, 3.8) is 0 Å². The fourth-order valence-corrected chi connectivity index (χ4v) is 1.66. The molecule has 0 aliphatic carbocycles. The van der Waals surface area contributed by atoms with E-state index in [1.54, 1.807) is 31.2 Å². The van der Waals surface area contributed by atoms with E-state index in [1.165, 1.54) is 0 Å². The van der Waals surface area contributed by atoms with Crippen LogP contribution in [0.5, 0.6) is 0 Å².